The van der Waals surface area contributed by atoms with E-state index in [4.69, 9.17) is 5.84 Å². The largest absolute Gasteiger partial charge is 0.335 e. The van der Waals surface area contributed by atoms with Gasteiger partial charge in [-0.3, -0.25) is 11.3 Å². The maximum atomic E-state index is 5.72. The normalized spacial score (nSPS) is 12.9. The fourth-order valence-corrected chi connectivity index (χ4v) is 2.61. The molecule has 1 unspecified atom stereocenters. The topological polar surface area (TPSA) is 73.7 Å². The van der Waals surface area contributed by atoms with E-state index in [-0.39, 0.29) is 6.04 Å². The van der Waals surface area contributed by atoms with Crippen molar-refractivity contribution < 1.29 is 0 Å². The summed E-state index contributed by atoms with van der Waals surface area (Å²) in [5, 5.41) is 0. The van der Waals surface area contributed by atoms with E-state index in [1.165, 1.54) is 0 Å². The number of nitrogens with zero attached hydrogens (tertiary/aromatic N) is 4. The Morgan fingerprint density at radius 1 is 1.24 bits per heavy atom. The minimum absolute atomic E-state index is 0.107. The van der Waals surface area contributed by atoms with Gasteiger partial charge in [-0.25, -0.2) is 9.97 Å². The molecule has 0 aliphatic rings. The SMILES string of the molecule is CCn1ccnc1CC(Cn1cnc2ccccc21)NN. The molecule has 0 aliphatic carbocycles. The predicted octanol–water partition coefficient (Wildman–Crippen LogP) is 1.33. The Hall–Kier alpha value is -2.18. The Morgan fingerprint density at radius 3 is 2.90 bits per heavy atom. The summed E-state index contributed by atoms with van der Waals surface area (Å²) in [6.45, 7) is 3.79. The van der Waals surface area contributed by atoms with E-state index in [1.807, 2.05) is 36.9 Å². The van der Waals surface area contributed by atoms with E-state index in [2.05, 4.69) is 37.5 Å². The first kappa shape index (κ1) is 13.8. The van der Waals surface area contributed by atoms with Crippen molar-refractivity contribution >= 4 is 11.0 Å². The molecule has 3 rings (SSSR count). The average molecular weight is 284 g/mol. The minimum Gasteiger partial charge on any atom is -0.335 e. The van der Waals surface area contributed by atoms with Gasteiger partial charge in [0, 0.05) is 37.9 Å². The third kappa shape index (κ3) is 2.81. The summed E-state index contributed by atoms with van der Waals surface area (Å²) >= 11 is 0. The van der Waals surface area contributed by atoms with Gasteiger partial charge in [-0.05, 0) is 19.1 Å². The van der Waals surface area contributed by atoms with Crippen molar-refractivity contribution in [3.8, 4) is 0 Å². The van der Waals surface area contributed by atoms with Crippen molar-refractivity contribution in [1.82, 2.24) is 24.5 Å². The van der Waals surface area contributed by atoms with Crippen LogP contribution in [-0.2, 0) is 19.5 Å². The van der Waals surface area contributed by atoms with Gasteiger partial charge >= 0.3 is 0 Å². The Bertz CT molecular complexity index is 714. The molecule has 0 spiro atoms. The summed E-state index contributed by atoms with van der Waals surface area (Å²) in [7, 11) is 0. The molecule has 0 radical (unpaired) electrons. The van der Waals surface area contributed by atoms with Crippen LogP contribution in [-0.4, -0.2) is 25.1 Å². The van der Waals surface area contributed by atoms with E-state index >= 15 is 0 Å². The number of aryl methyl sites for hydroxylation is 1. The number of hydrogen-bond acceptors (Lipinski definition) is 4. The minimum atomic E-state index is 0.107. The summed E-state index contributed by atoms with van der Waals surface area (Å²) in [5.74, 6) is 6.77. The van der Waals surface area contributed by atoms with Gasteiger partial charge in [-0.1, -0.05) is 12.1 Å². The number of hydrogen-bond donors (Lipinski definition) is 2. The number of imidazole rings is 2. The molecule has 0 fully saturated rings. The molecular weight excluding hydrogens is 264 g/mol. The second kappa shape index (κ2) is 6.07. The summed E-state index contributed by atoms with van der Waals surface area (Å²) in [5.41, 5.74) is 5.02. The first-order valence-corrected chi connectivity index (χ1v) is 7.17. The lowest BCUT2D eigenvalue weighted by atomic mass is 10.2. The highest BCUT2D eigenvalue weighted by Crippen LogP contribution is 2.13. The molecule has 2 heterocycles. The standard InChI is InChI=1S/C15H20N6/c1-2-20-8-7-17-15(20)9-12(19-16)10-21-11-18-13-5-3-4-6-14(13)21/h3-8,11-12,19H,2,9-10,16H2,1H3. The van der Waals surface area contributed by atoms with Gasteiger partial charge in [0.05, 0.1) is 17.4 Å². The molecule has 0 bridgehead atoms. The third-order valence-electron chi connectivity index (χ3n) is 3.75. The number of hydrazine groups is 1. The van der Waals surface area contributed by atoms with E-state index in [1.54, 1.807) is 0 Å². The Morgan fingerprint density at radius 2 is 2.10 bits per heavy atom. The molecular formula is C15H20N6. The van der Waals surface area contributed by atoms with Crippen LogP contribution in [0.15, 0.2) is 43.0 Å². The van der Waals surface area contributed by atoms with Crippen LogP contribution in [0, 0.1) is 0 Å². The molecule has 0 saturated carbocycles. The quantitative estimate of drug-likeness (QED) is 0.529. The fourth-order valence-electron chi connectivity index (χ4n) is 2.61. The number of rotatable bonds is 6. The summed E-state index contributed by atoms with van der Waals surface area (Å²) in [6, 6.07) is 8.21. The second-order valence-electron chi connectivity index (χ2n) is 5.08. The first-order chi connectivity index (χ1) is 10.3. The molecule has 0 aliphatic heterocycles. The van der Waals surface area contributed by atoms with Crippen LogP contribution < -0.4 is 11.3 Å². The molecule has 0 saturated heterocycles. The van der Waals surface area contributed by atoms with Crippen molar-refractivity contribution in [1.29, 1.82) is 0 Å². The highest BCUT2D eigenvalue weighted by Gasteiger charge is 2.13. The van der Waals surface area contributed by atoms with Crippen molar-refractivity contribution in [2.75, 3.05) is 0 Å². The van der Waals surface area contributed by atoms with Crippen molar-refractivity contribution in [2.45, 2.75) is 32.5 Å². The van der Waals surface area contributed by atoms with Crippen LogP contribution in [0.25, 0.3) is 11.0 Å². The number of aromatic nitrogens is 4. The van der Waals surface area contributed by atoms with Crippen LogP contribution >= 0.6 is 0 Å². The number of para-hydroxylation sites is 2. The zero-order valence-corrected chi connectivity index (χ0v) is 12.1. The molecule has 3 N–H and O–H groups in total. The van der Waals surface area contributed by atoms with Gasteiger partial charge in [-0.15, -0.1) is 0 Å². The highest BCUT2D eigenvalue weighted by molar-refractivity contribution is 5.74. The summed E-state index contributed by atoms with van der Waals surface area (Å²) < 4.78 is 4.26. The Labute approximate surface area is 123 Å². The molecule has 1 atom stereocenters. The molecule has 1 aromatic carbocycles. The number of benzene rings is 1. The molecule has 0 amide bonds. The molecule has 3 aromatic rings. The molecule has 2 aromatic heterocycles. The lowest BCUT2D eigenvalue weighted by molar-refractivity contribution is 0.446. The summed E-state index contributed by atoms with van der Waals surface area (Å²) in [6.07, 6.45) is 6.47. The van der Waals surface area contributed by atoms with E-state index < -0.39 is 0 Å². The first-order valence-electron chi connectivity index (χ1n) is 7.17. The van der Waals surface area contributed by atoms with Crippen LogP contribution in [0.1, 0.15) is 12.7 Å². The van der Waals surface area contributed by atoms with E-state index in [0.29, 0.717) is 0 Å². The van der Waals surface area contributed by atoms with Crippen molar-refractivity contribution in [3.05, 3.63) is 48.8 Å². The second-order valence-corrected chi connectivity index (χ2v) is 5.08. The van der Waals surface area contributed by atoms with E-state index in [9.17, 15) is 0 Å². The lowest BCUT2D eigenvalue weighted by Crippen LogP contribution is -2.40. The van der Waals surface area contributed by atoms with Gasteiger partial charge in [0.25, 0.3) is 0 Å². The van der Waals surface area contributed by atoms with Gasteiger partial charge in [0.1, 0.15) is 5.82 Å². The van der Waals surface area contributed by atoms with Crippen LogP contribution in [0.3, 0.4) is 0 Å². The number of fused-ring (bicyclic) bond motifs is 1. The van der Waals surface area contributed by atoms with Crippen LogP contribution in [0.4, 0.5) is 0 Å². The monoisotopic (exact) mass is 284 g/mol. The Balaban J connectivity index is 1.78. The lowest BCUT2D eigenvalue weighted by Gasteiger charge is -2.17. The average Bonchev–Trinajstić information content (AvgIpc) is 3.13. The maximum Gasteiger partial charge on any atom is 0.110 e. The van der Waals surface area contributed by atoms with Gasteiger partial charge in [-0.2, -0.15) is 0 Å². The zero-order chi connectivity index (χ0) is 14.7. The van der Waals surface area contributed by atoms with E-state index in [0.717, 1.165) is 36.4 Å². The smallest absolute Gasteiger partial charge is 0.110 e. The van der Waals surface area contributed by atoms with Gasteiger partial charge in [0.15, 0.2) is 0 Å². The van der Waals surface area contributed by atoms with Gasteiger partial charge < -0.3 is 9.13 Å². The molecule has 21 heavy (non-hydrogen) atoms. The number of nitrogens with one attached hydrogen (secondary N) is 1. The van der Waals surface area contributed by atoms with Crippen LogP contribution in [0.5, 0.6) is 0 Å². The predicted molar refractivity (Wildman–Crippen MR) is 82.4 cm³/mol. The zero-order valence-electron chi connectivity index (χ0n) is 12.1. The van der Waals surface area contributed by atoms with Crippen molar-refractivity contribution in [2.24, 2.45) is 5.84 Å². The summed E-state index contributed by atoms with van der Waals surface area (Å²) in [4.78, 5) is 8.82. The fraction of sp³-hybridized carbons (Fsp3) is 0.333. The Kier molecular flexibility index (Phi) is 3.98. The van der Waals surface area contributed by atoms with Gasteiger partial charge in [0.2, 0.25) is 0 Å². The van der Waals surface area contributed by atoms with Crippen molar-refractivity contribution in [3.63, 3.8) is 0 Å². The van der Waals surface area contributed by atoms with Crippen LogP contribution in [0.2, 0.25) is 0 Å². The number of nitrogens with two attached hydrogens (primary N) is 1. The third-order valence-corrected chi connectivity index (χ3v) is 3.75. The molecule has 6 heteroatoms. The highest BCUT2D eigenvalue weighted by atomic mass is 15.3. The molecule has 6 nitrogen and oxygen atoms in total. The maximum absolute atomic E-state index is 5.72. The molecule has 110 valence electrons.